The number of rotatable bonds is 7. The van der Waals surface area contributed by atoms with Crippen LogP contribution < -0.4 is 10.6 Å². The van der Waals surface area contributed by atoms with Gasteiger partial charge in [-0.25, -0.2) is 0 Å². The average molecular weight is 388 g/mol. The fourth-order valence-corrected chi connectivity index (χ4v) is 2.03. The quantitative estimate of drug-likeness (QED) is 0.302. The Balaban J connectivity index is 0. The molecule has 0 atom stereocenters. The molecule has 0 spiro atoms. The summed E-state index contributed by atoms with van der Waals surface area (Å²) in [5.41, 5.74) is 0.237. The Morgan fingerprint density at radius 3 is 2.33 bits per heavy atom. The topological polar surface area (TPSA) is 39.7 Å². The van der Waals surface area contributed by atoms with Crippen molar-refractivity contribution in [3.8, 4) is 0 Å². The highest BCUT2D eigenvalue weighted by atomic mass is 127. The summed E-state index contributed by atoms with van der Waals surface area (Å²) in [6.45, 7) is 7.45. The van der Waals surface area contributed by atoms with Gasteiger partial charge >= 0.3 is 0 Å². The van der Waals surface area contributed by atoms with E-state index in [-0.39, 0.29) is 29.4 Å². The van der Waals surface area contributed by atoms with Crippen LogP contribution in [0.25, 0.3) is 0 Å². The lowest BCUT2D eigenvalue weighted by molar-refractivity contribution is 0.241. The van der Waals surface area contributed by atoms with E-state index in [4.69, 9.17) is 0 Å². The van der Waals surface area contributed by atoms with E-state index < -0.39 is 0 Å². The number of hydrogen-bond donors (Lipinski definition) is 2. The molecule has 2 N–H and O–H groups in total. The van der Waals surface area contributed by atoms with E-state index in [0.717, 1.165) is 31.3 Å². The summed E-state index contributed by atoms with van der Waals surface area (Å²) in [6, 6.07) is 0. The molecule has 0 amide bonds. The van der Waals surface area contributed by atoms with E-state index in [1.165, 1.54) is 0 Å². The van der Waals surface area contributed by atoms with Gasteiger partial charge in [0.15, 0.2) is 5.96 Å². The zero-order valence-electron chi connectivity index (χ0n) is 12.5. The Kier molecular flexibility index (Phi) is 12.8. The van der Waals surface area contributed by atoms with Gasteiger partial charge in [0.05, 0.1) is 0 Å². The van der Waals surface area contributed by atoms with Crippen molar-refractivity contribution in [3.05, 3.63) is 0 Å². The Morgan fingerprint density at radius 1 is 1.28 bits per heavy atom. The van der Waals surface area contributed by atoms with Gasteiger partial charge in [0.1, 0.15) is 0 Å². The normalized spacial score (nSPS) is 12.3. The highest BCUT2D eigenvalue weighted by Gasteiger charge is 2.18. The fourth-order valence-electron chi connectivity index (χ4n) is 1.73. The van der Waals surface area contributed by atoms with Gasteiger partial charge in [-0.2, -0.15) is 11.8 Å². The summed E-state index contributed by atoms with van der Waals surface area (Å²) in [5.74, 6) is 1.99. The van der Waals surface area contributed by atoms with Crippen LogP contribution in [0.1, 0.15) is 13.8 Å². The minimum atomic E-state index is 0. The SMILES string of the molecule is CN=C(NCCSC)NCC(C)(C)CN(C)C.I. The molecule has 0 aromatic rings. The maximum Gasteiger partial charge on any atom is 0.191 e. The van der Waals surface area contributed by atoms with Crippen molar-refractivity contribution in [2.45, 2.75) is 13.8 Å². The summed E-state index contributed by atoms with van der Waals surface area (Å²) in [6.07, 6.45) is 2.11. The van der Waals surface area contributed by atoms with Crippen LogP contribution in [-0.2, 0) is 0 Å². The first kappa shape index (κ1) is 20.6. The van der Waals surface area contributed by atoms with Gasteiger partial charge in [-0.1, -0.05) is 13.8 Å². The summed E-state index contributed by atoms with van der Waals surface area (Å²) >= 11 is 1.83. The molecule has 0 saturated carbocycles. The number of nitrogens with zero attached hydrogens (tertiary/aromatic N) is 2. The number of aliphatic imine (C=N–C) groups is 1. The smallest absolute Gasteiger partial charge is 0.191 e. The minimum Gasteiger partial charge on any atom is -0.356 e. The second kappa shape index (κ2) is 11.2. The van der Waals surface area contributed by atoms with Crippen LogP contribution in [0.5, 0.6) is 0 Å². The van der Waals surface area contributed by atoms with E-state index in [0.29, 0.717) is 0 Å². The highest BCUT2D eigenvalue weighted by molar-refractivity contribution is 14.0. The van der Waals surface area contributed by atoms with Gasteiger partial charge in [-0.3, -0.25) is 4.99 Å². The molecule has 0 bridgehead atoms. The van der Waals surface area contributed by atoms with Crippen LogP contribution in [-0.4, -0.2) is 63.6 Å². The summed E-state index contributed by atoms with van der Waals surface area (Å²) in [5, 5.41) is 6.68. The van der Waals surface area contributed by atoms with Gasteiger partial charge in [0.25, 0.3) is 0 Å². The predicted octanol–water partition coefficient (Wildman–Crippen LogP) is 1.72. The zero-order chi connectivity index (χ0) is 13.3. The maximum absolute atomic E-state index is 4.21. The molecule has 0 fully saturated rings. The first-order valence-corrected chi connectivity index (χ1v) is 7.39. The van der Waals surface area contributed by atoms with Crippen LogP contribution in [0.2, 0.25) is 0 Å². The number of thioether (sulfide) groups is 1. The van der Waals surface area contributed by atoms with Crippen molar-refractivity contribution in [2.75, 3.05) is 52.8 Å². The van der Waals surface area contributed by atoms with Crippen molar-refractivity contribution >= 4 is 41.7 Å². The fraction of sp³-hybridized carbons (Fsp3) is 0.917. The molecule has 6 heteroatoms. The molecule has 0 unspecified atom stereocenters. The molecule has 110 valence electrons. The van der Waals surface area contributed by atoms with Gasteiger partial charge in [-0.15, -0.1) is 24.0 Å². The first-order valence-electron chi connectivity index (χ1n) is 5.99. The third-order valence-electron chi connectivity index (χ3n) is 2.30. The third-order valence-corrected chi connectivity index (χ3v) is 2.91. The number of guanidine groups is 1. The average Bonchev–Trinajstić information content (AvgIpc) is 2.21. The van der Waals surface area contributed by atoms with Crippen molar-refractivity contribution < 1.29 is 0 Å². The number of hydrogen-bond acceptors (Lipinski definition) is 3. The second-order valence-electron chi connectivity index (χ2n) is 5.25. The molecule has 0 aromatic heterocycles. The van der Waals surface area contributed by atoms with Gasteiger partial charge < -0.3 is 15.5 Å². The lowest BCUT2D eigenvalue weighted by Gasteiger charge is -2.29. The standard InChI is InChI=1S/C12H28N4S.HI/c1-12(2,10-16(4)5)9-15-11(13-3)14-7-8-17-6;/h7-10H2,1-6H3,(H2,13,14,15);1H. The van der Waals surface area contributed by atoms with Crippen LogP contribution in [0.3, 0.4) is 0 Å². The lowest BCUT2D eigenvalue weighted by Crippen LogP contribution is -2.45. The predicted molar refractivity (Wildman–Crippen MR) is 95.5 cm³/mol. The van der Waals surface area contributed by atoms with Crippen LogP contribution in [0, 0.1) is 5.41 Å². The maximum atomic E-state index is 4.21. The molecule has 4 nitrogen and oxygen atoms in total. The number of nitrogens with one attached hydrogen (secondary N) is 2. The number of halogens is 1. The highest BCUT2D eigenvalue weighted by Crippen LogP contribution is 2.13. The van der Waals surface area contributed by atoms with E-state index in [2.05, 4.69) is 54.7 Å². The molecule has 0 rings (SSSR count). The minimum absolute atomic E-state index is 0. The molecular weight excluding hydrogens is 359 g/mol. The van der Waals surface area contributed by atoms with E-state index in [1.807, 2.05) is 18.8 Å². The zero-order valence-corrected chi connectivity index (χ0v) is 15.7. The van der Waals surface area contributed by atoms with E-state index in [1.54, 1.807) is 0 Å². The van der Waals surface area contributed by atoms with Crippen molar-refractivity contribution in [2.24, 2.45) is 10.4 Å². The lowest BCUT2D eigenvalue weighted by atomic mass is 9.93. The second-order valence-corrected chi connectivity index (χ2v) is 6.23. The molecule has 0 aliphatic carbocycles. The molecule has 0 saturated heterocycles. The largest absolute Gasteiger partial charge is 0.356 e. The van der Waals surface area contributed by atoms with Gasteiger partial charge in [0.2, 0.25) is 0 Å². The Morgan fingerprint density at radius 2 is 1.89 bits per heavy atom. The van der Waals surface area contributed by atoms with Crippen LogP contribution in [0.4, 0.5) is 0 Å². The molecule has 0 aromatic carbocycles. The molecule has 18 heavy (non-hydrogen) atoms. The van der Waals surface area contributed by atoms with Crippen molar-refractivity contribution in [1.29, 1.82) is 0 Å². The Hall–Kier alpha value is 0.310. The van der Waals surface area contributed by atoms with E-state index in [9.17, 15) is 0 Å². The molecule has 0 aliphatic rings. The molecule has 0 radical (unpaired) electrons. The third kappa shape index (κ3) is 11.4. The molecule has 0 aliphatic heterocycles. The molecule has 0 heterocycles. The Labute approximate surface area is 134 Å². The first-order chi connectivity index (χ1) is 7.91. The van der Waals surface area contributed by atoms with Crippen LogP contribution in [0.15, 0.2) is 4.99 Å². The molecular formula is C12H29IN4S. The van der Waals surface area contributed by atoms with Crippen molar-refractivity contribution in [1.82, 2.24) is 15.5 Å². The summed E-state index contributed by atoms with van der Waals surface area (Å²) in [7, 11) is 6.02. The van der Waals surface area contributed by atoms with Crippen LogP contribution >= 0.6 is 35.7 Å². The van der Waals surface area contributed by atoms with Gasteiger partial charge in [0, 0.05) is 32.4 Å². The Bertz CT molecular complexity index is 232. The summed E-state index contributed by atoms with van der Waals surface area (Å²) in [4.78, 5) is 6.43. The monoisotopic (exact) mass is 388 g/mol. The van der Waals surface area contributed by atoms with Gasteiger partial charge in [-0.05, 0) is 25.8 Å². The van der Waals surface area contributed by atoms with Crippen molar-refractivity contribution in [3.63, 3.8) is 0 Å². The van der Waals surface area contributed by atoms with E-state index >= 15 is 0 Å². The summed E-state index contributed by atoms with van der Waals surface area (Å²) < 4.78 is 0.